The van der Waals surface area contributed by atoms with Crippen molar-refractivity contribution in [1.29, 1.82) is 0 Å². The zero-order valence-corrected chi connectivity index (χ0v) is 16.1. The average molecular weight is 397 g/mol. The van der Waals surface area contributed by atoms with Gasteiger partial charge in [-0.2, -0.15) is 0 Å². The minimum atomic E-state index is -0.633. The van der Waals surface area contributed by atoms with Crippen LogP contribution < -0.4 is 10.9 Å². The molecule has 6 heteroatoms. The normalized spacial score (nSPS) is 15.6. The molecule has 1 aliphatic heterocycles. The van der Waals surface area contributed by atoms with Crippen LogP contribution in [-0.2, 0) is 0 Å². The smallest absolute Gasteiger partial charge is 0.349 e. The highest BCUT2D eigenvalue weighted by Gasteiger charge is 2.26. The molecule has 1 saturated heterocycles. The van der Waals surface area contributed by atoms with Crippen molar-refractivity contribution in [3.63, 3.8) is 0 Å². The van der Waals surface area contributed by atoms with E-state index in [1.54, 1.807) is 18.2 Å². The Morgan fingerprint density at radius 1 is 1.11 bits per heavy atom. The van der Waals surface area contributed by atoms with Gasteiger partial charge in [0.15, 0.2) is 0 Å². The first-order chi connectivity index (χ1) is 13.6. The monoisotopic (exact) mass is 396 g/mol. The first-order valence-electron chi connectivity index (χ1n) is 9.43. The molecule has 0 aliphatic carbocycles. The fourth-order valence-electron chi connectivity index (χ4n) is 3.74. The Balaban J connectivity index is 1.57. The number of carbonyl (C=O) groups is 1. The Kier molecular flexibility index (Phi) is 5.46. The first kappa shape index (κ1) is 18.7. The predicted octanol–water partition coefficient (Wildman–Crippen LogP) is 4.01. The Labute approximate surface area is 167 Å². The van der Waals surface area contributed by atoms with Crippen LogP contribution in [0.15, 0.2) is 63.8 Å². The van der Waals surface area contributed by atoms with Crippen molar-refractivity contribution in [1.82, 2.24) is 10.2 Å². The number of hydrogen-bond donors (Lipinski definition) is 1. The van der Waals surface area contributed by atoms with Gasteiger partial charge in [-0.05, 0) is 49.7 Å². The summed E-state index contributed by atoms with van der Waals surface area (Å²) >= 11 is 6.42. The Hall–Kier alpha value is -2.63. The second kappa shape index (κ2) is 8.17. The summed E-state index contributed by atoms with van der Waals surface area (Å²) in [5.41, 5.74) is 0.830. The summed E-state index contributed by atoms with van der Waals surface area (Å²) < 4.78 is 5.28. The van der Waals surface area contributed by atoms with Crippen LogP contribution >= 0.6 is 11.6 Å². The molecule has 5 nitrogen and oxygen atoms in total. The summed E-state index contributed by atoms with van der Waals surface area (Å²) in [6.07, 6.45) is 2.26. The quantitative estimate of drug-likeness (QED) is 0.662. The number of rotatable bonds is 5. The molecule has 1 N–H and O–H groups in total. The van der Waals surface area contributed by atoms with Gasteiger partial charge in [0.2, 0.25) is 0 Å². The number of nitrogens with zero attached hydrogens (tertiary/aromatic N) is 1. The molecule has 1 aromatic heterocycles. The molecule has 0 unspecified atom stereocenters. The maximum atomic E-state index is 12.7. The fourth-order valence-corrected chi connectivity index (χ4v) is 4.00. The summed E-state index contributed by atoms with van der Waals surface area (Å²) in [6.45, 7) is 2.29. The second-order valence-corrected chi connectivity index (χ2v) is 7.38. The van der Waals surface area contributed by atoms with Gasteiger partial charge >= 0.3 is 5.63 Å². The van der Waals surface area contributed by atoms with Crippen molar-refractivity contribution in [2.24, 2.45) is 0 Å². The number of fused-ring (bicyclic) bond motifs is 1. The van der Waals surface area contributed by atoms with Crippen molar-refractivity contribution >= 4 is 28.5 Å². The molecule has 144 valence electrons. The van der Waals surface area contributed by atoms with E-state index in [-0.39, 0.29) is 11.6 Å². The van der Waals surface area contributed by atoms with E-state index < -0.39 is 11.5 Å². The van der Waals surface area contributed by atoms with Gasteiger partial charge in [-0.3, -0.25) is 9.69 Å². The van der Waals surface area contributed by atoms with E-state index >= 15 is 0 Å². The maximum absolute atomic E-state index is 12.7. The predicted molar refractivity (Wildman–Crippen MR) is 110 cm³/mol. The van der Waals surface area contributed by atoms with E-state index in [1.807, 2.05) is 36.4 Å². The van der Waals surface area contributed by atoms with Gasteiger partial charge < -0.3 is 9.73 Å². The third kappa shape index (κ3) is 3.81. The van der Waals surface area contributed by atoms with E-state index in [2.05, 4.69) is 10.2 Å². The molecule has 0 bridgehead atoms. The van der Waals surface area contributed by atoms with Crippen LogP contribution in [0.2, 0.25) is 5.02 Å². The van der Waals surface area contributed by atoms with Crippen molar-refractivity contribution < 1.29 is 9.21 Å². The van der Waals surface area contributed by atoms with Crippen LogP contribution in [0.1, 0.15) is 34.8 Å². The number of nitrogens with one attached hydrogen (secondary N) is 1. The molecule has 1 atom stereocenters. The van der Waals surface area contributed by atoms with E-state index in [0.29, 0.717) is 17.2 Å². The Bertz CT molecular complexity index is 1060. The number of amides is 1. The lowest BCUT2D eigenvalue weighted by molar-refractivity contribution is 0.0934. The number of halogens is 1. The van der Waals surface area contributed by atoms with E-state index in [0.717, 1.165) is 36.9 Å². The lowest BCUT2D eigenvalue weighted by atomic mass is 10.0. The Morgan fingerprint density at radius 2 is 1.82 bits per heavy atom. The highest BCUT2D eigenvalue weighted by atomic mass is 35.5. The molecule has 3 aromatic rings. The minimum Gasteiger partial charge on any atom is -0.422 e. The zero-order chi connectivity index (χ0) is 19.5. The van der Waals surface area contributed by atoms with Crippen molar-refractivity contribution in [3.8, 4) is 0 Å². The molecule has 4 rings (SSSR count). The van der Waals surface area contributed by atoms with Crippen molar-refractivity contribution in [3.05, 3.63) is 81.2 Å². The minimum absolute atomic E-state index is 0.0121. The standard InChI is InChI=1S/C22H21ClN2O3/c23-18-9-3-2-8-16(18)19(25-11-5-6-12-25)14-24-21(26)17-13-15-7-1-4-10-20(15)28-22(17)27/h1-4,7-10,13,19H,5-6,11-12,14H2,(H,24,26)/t19-/m1/s1. The highest BCUT2D eigenvalue weighted by Crippen LogP contribution is 2.29. The largest absolute Gasteiger partial charge is 0.422 e. The third-order valence-corrected chi connectivity index (χ3v) is 5.53. The fraction of sp³-hybridized carbons (Fsp3) is 0.273. The van der Waals surface area contributed by atoms with Crippen LogP contribution in [0.4, 0.5) is 0 Å². The summed E-state index contributed by atoms with van der Waals surface area (Å²) in [4.78, 5) is 27.3. The van der Waals surface area contributed by atoms with Gasteiger partial charge in [-0.1, -0.05) is 48.0 Å². The van der Waals surface area contributed by atoms with Gasteiger partial charge in [-0.15, -0.1) is 0 Å². The van der Waals surface area contributed by atoms with Gasteiger partial charge in [-0.25, -0.2) is 4.79 Å². The summed E-state index contributed by atoms with van der Waals surface area (Å²) in [6, 6.07) is 16.4. The van der Waals surface area contributed by atoms with Crippen molar-refractivity contribution in [2.75, 3.05) is 19.6 Å². The molecule has 2 aromatic carbocycles. The summed E-state index contributed by atoms with van der Waals surface area (Å²) in [5, 5.41) is 4.30. The van der Waals surface area contributed by atoms with E-state index in [9.17, 15) is 9.59 Å². The van der Waals surface area contributed by atoms with Crippen LogP contribution in [0.5, 0.6) is 0 Å². The SMILES string of the molecule is O=C(NC[C@H](c1ccccc1Cl)N1CCCC1)c1cc2ccccc2oc1=O. The molecular formula is C22H21ClN2O3. The van der Waals surface area contributed by atoms with Gasteiger partial charge in [0, 0.05) is 17.0 Å². The lowest BCUT2D eigenvalue weighted by Gasteiger charge is -2.28. The third-order valence-electron chi connectivity index (χ3n) is 5.19. The number of carbonyl (C=O) groups excluding carboxylic acids is 1. The lowest BCUT2D eigenvalue weighted by Crippen LogP contribution is -2.38. The average Bonchev–Trinajstić information content (AvgIpc) is 3.23. The summed E-state index contributed by atoms with van der Waals surface area (Å²) in [7, 11) is 0. The van der Waals surface area contributed by atoms with Gasteiger partial charge in [0.05, 0.1) is 6.04 Å². The van der Waals surface area contributed by atoms with Crippen LogP contribution in [0.3, 0.4) is 0 Å². The molecule has 28 heavy (non-hydrogen) atoms. The van der Waals surface area contributed by atoms with Gasteiger partial charge in [0.25, 0.3) is 5.91 Å². The van der Waals surface area contributed by atoms with Crippen molar-refractivity contribution in [2.45, 2.75) is 18.9 Å². The Morgan fingerprint density at radius 3 is 2.61 bits per heavy atom. The first-order valence-corrected chi connectivity index (χ1v) is 9.81. The van der Waals surface area contributed by atoms with E-state index in [4.69, 9.17) is 16.0 Å². The second-order valence-electron chi connectivity index (χ2n) is 6.98. The molecule has 0 radical (unpaired) electrons. The van der Waals surface area contributed by atoms with Gasteiger partial charge in [0.1, 0.15) is 11.1 Å². The number of para-hydroxylation sites is 1. The summed E-state index contributed by atoms with van der Waals surface area (Å²) in [5.74, 6) is -0.434. The molecule has 0 saturated carbocycles. The van der Waals surface area contributed by atoms with E-state index in [1.165, 1.54) is 0 Å². The maximum Gasteiger partial charge on any atom is 0.349 e. The van der Waals surface area contributed by atoms with Crippen LogP contribution in [-0.4, -0.2) is 30.4 Å². The molecule has 1 fully saturated rings. The van der Waals surface area contributed by atoms with Crippen LogP contribution in [0, 0.1) is 0 Å². The molecule has 1 amide bonds. The number of benzene rings is 2. The molecular weight excluding hydrogens is 376 g/mol. The molecule has 0 spiro atoms. The zero-order valence-electron chi connectivity index (χ0n) is 15.4. The number of likely N-dealkylation sites (tertiary alicyclic amines) is 1. The van der Waals surface area contributed by atoms with Crippen LogP contribution in [0.25, 0.3) is 11.0 Å². The molecule has 1 aliphatic rings. The topological polar surface area (TPSA) is 62.6 Å². The highest BCUT2D eigenvalue weighted by molar-refractivity contribution is 6.31. The molecule has 2 heterocycles. The number of hydrogen-bond acceptors (Lipinski definition) is 4.